The molecule has 3 heteroatoms. The zero-order chi connectivity index (χ0) is 14.7. The fraction of sp³-hybridized carbons (Fsp3) is 0.667. The van der Waals surface area contributed by atoms with Gasteiger partial charge in [0.05, 0.1) is 18.3 Å². The molecule has 2 fully saturated rings. The Morgan fingerprint density at radius 1 is 1.14 bits per heavy atom. The SMILES string of the molecule is OCC(CC1CCC2(CCCCC2)O1)c1ccc(Br)cc1. The highest BCUT2D eigenvalue weighted by atomic mass is 79.9. The van der Waals surface area contributed by atoms with Crippen LogP contribution in [0.2, 0.25) is 0 Å². The number of hydrogen-bond acceptors (Lipinski definition) is 2. The van der Waals surface area contributed by atoms with Crippen LogP contribution < -0.4 is 0 Å². The molecule has 1 spiro atoms. The Morgan fingerprint density at radius 3 is 2.52 bits per heavy atom. The molecule has 3 rings (SSSR count). The summed E-state index contributed by atoms with van der Waals surface area (Å²) >= 11 is 3.47. The molecule has 1 aromatic carbocycles. The predicted octanol–water partition coefficient (Wildman–Crippen LogP) is 4.80. The molecule has 1 aliphatic heterocycles. The van der Waals surface area contributed by atoms with Crippen molar-refractivity contribution < 1.29 is 9.84 Å². The Kier molecular flexibility index (Phi) is 5.03. The fourth-order valence-corrected chi connectivity index (χ4v) is 4.26. The summed E-state index contributed by atoms with van der Waals surface area (Å²) < 4.78 is 7.53. The highest BCUT2D eigenvalue weighted by molar-refractivity contribution is 9.10. The van der Waals surface area contributed by atoms with E-state index < -0.39 is 0 Å². The maximum Gasteiger partial charge on any atom is 0.0687 e. The quantitative estimate of drug-likeness (QED) is 0.843. The maximum absolute atomic E-state index is 9.74. The molecule has 1 aromatic rings. The molecule has 1 N–H and O–H groups in total. The number of benzene rings is 1. The predicted molar refractivity (Wildman–Crippen MR) is 88.5 cm³/mol. The molecule has 0 aromatic heterocycles. The molecule has 1 saturated carbocycles. The molecule has 2 atom stereocenters. The third kappa shape index (κ3) is 3.69. The van der Waals surface area contributed by atoms with Gasteiger partial charge < -0.3 is 9.84 Å². The number of aliphatic hydroxyl groups is 1. The van der Waals surface area contributed by atoms with Crippen molar-refractivity contribution in [3.8, 4) is 0 Å². The van der Waals surface area contributed by atoms with Crippen LogP contribution >= 0.6 is 15.9 Å². The van der Waals surface area contributed by atoms with Gasteiger partial charge in [-0.2, -0.15) is 0 Å². The van der Waals surface area contributed by atoms with Crippen LogP contribution in [0.4, 0.5) is 0 Å². The number of hydrogen-bond donors (Lipinski definition) is 1. The molecule has 0 bridgehead atoms. The molecule has 1 heterocycles. The summed E-state index contributed by atoms with van der Waals surface area (Å²) in [4.78, 5) is 0. The second-order valence-corrected chi connectivity index (χ2v) is 7.60. The first-order valence-corrected chi connectivity index (χ1v) is 9.04. The number of aliphatic hydroxyl groups excluding tert-OH is 1. The molecule has 0 radical (unpaired) electrons. The van der Waals surface area contributed by atoms with Gasteiger partial charge in [0.15, 0.2) is 0 Å². The summed E-state index contributed by atoms with van der Waals surface area (Å²) in [6.45, 7) is 0.203. The van der Waals surface area contributed by atoms with E-state index in [-0.39, 0.29) is 18.1 Å². The van der Waals surface area contributed by atoms with Gasteiger partial charge in [0.1, 0.15) is 0 Å². The Hall–Kier alpha value is -0.380. The Labute approximate surface area is 136 Å². The van der Waals surface area contributed by atoms with E-state index >= 15 is 0 Å². The van der Waals surface area contributed by atoms with Crippen LogP contribution in [0.1, 0.15) is 62.8 Å². The van der Waals surface area contributed by atoms with Crippen molar-refractivity contribution >= 4 is 15.9 Å². The summed E-state index contributed by atoms with van der Waals surface area (Å²) in [6, 6.07) is 8.32. The van der Waals surface area contributed by atoms with Crippen LogP contribution in [0.25, 0.3) is 0 Å². The molecular formula is C18H25BrO2. The first-order chi connectivity index (χ1) is 10.2. The second-order valence-electron chi connectivity index (χ2n) is 6.69. The van der Waals surface area contributed by atoms with Gasteiger partial charge in [-0.05, 0) is 49.8 Å². The van der Waals surface area contributed by atoms with Crippen molar-refractivity contribution in [3.05, 3.63) is 34.3 Å². The monoisotopic (exact) mass is 352 g/mol. The largest absolute Gasteiger partial charge is 0.396 e. The van der Waals surface area contributed by atoms with E-state index in [4.69, 9.17) is 4.74 Å². The summed E-state index contributed by atoms with van der Waals surface area (Å²) in [7, 11) is 0. The van der Waals surface area contributed by atoms with Crippen LogP contribution in [-0.2, 0) is 4.74 Å². The summed E-state index contributed by atoms with van der Waals surface area (Å²) in [5.74, 6) is 0.196. The lowest BCUT2D eigenvalue weighted by atomic mass is 9.83. The molecule has 2 nitrogen and oxygen atoms in total. The van der Waals surface area contributed by atoms with E-state index in [2.05, 4.69) is 40.2 Å². The van der Waals surface area contributed by atoms with Gasteiger partial charge in [-0.15, -0.1) is 0 Å². The minimum Gasteiger partial charge on any atom is -0.396 e. The first kappa shape index (κ1) is 15.5. The first-order valence-electron chi connectivity index (χ1n) is 8.25. The summed E-state index contributed by atoms with van der Waals surface area (Å²) in [5, 5.41) is 9.74. The lowest BCUT2D eigenvalue weighted by molar-refractivity contribution is -0.0685. The van der Waals surface area contributed by atoms with E-state index in [1.54, 1.807) is 0 Å². The maximum atomic E-state index is 9.74. The van der Waals surface area contributed by atoms with Crippen LogP contribution in [-0.4, -0.2) is 23.4 Å². The lowest BCUT2D eigenvalue weighted by Gasteiger charge is -2.33. The van der Waals surface area contributed by atoms with Gasteiger partial charge in [-0.3, -0.25) is 0 Å². The number of rotatable bonds is 4. The van der Waals surface area contributed by atoms with E-state index in [9.17, 15) is 5.11 Å². The summed E-state index contributed by atoms with van der Waals surface area (Å²) in [5.41, 5.74) is 1.40. The highest BCUT2D eigenvalue weighted by Crippen LogP contribution is 2.43. The standard InChI is InChI=1S/C18H25BrO2/c19-16-6-4-14(5-7-16)15(13-20)12-17-8-11-18(21-17)9-2-1-3-10-18/h4-7,15,17,20H,1-3,8-13H2. The minimum absolute atomic E-state index is 0.183. The normalized spacial score (nSPS) is 26.1. The van der Waals surface area contributed by atoms with Gasteiger partial charge in [0, 0.05) is 10.4 Å². The average molecular weight is 353 g/mol. The van der Waals surface area contributed by atoms with Crippen LogP contribution in [0.3, 0.4) is 0 Å². The Balaban J connectivity index is 1.61. The van der Waals surface area contributed by atoms with Crippen LogP contribution in [0.15, 0.2) is 28.7 Å². The lowest BCUT2D eigenvalue weighted by Crippen LogP contribution is -2.32. The Bertz CT molecular complexity index is 451. The molecule has 1 saturated heterocycles. The smallest absolute Gasteiger partial charge is 0.0687 e. The third-order valence-electron chi connectivity index (χ3n) is 5.21. The van der Waals surface area contributed by atoms with Crippen molar-refractivity contribution in [3.63, 3.8) is 0 Å². The Morgan fingerprint density at radius 2 is 1.86 bits per heavy atom. The zero-order valence-electron chi connectivity index (χ0n) is 12.6. The van der Waals surface area contributed by atoms with Gasteiger partial charge in [-0.1, -0.05) is 47.3 Å². The third-order valence-corrected chi connectivity index (χ3v) is 5.74. The van der Waals surface area contributed by atoms with E-state index in [1.807, 2.05) is 0 Å². The molecule has 2 aliphatic rings. The number of ether oxygens (including phenoxy) is 1. The van der Waals surface area contributed by atoms with Crippen LogP contribution in [0.5, 0.6) is 0 Å². The average Bonchev–Trinajstić information content (AvgIpc) is 2.89. The van der Waals surface area contributed by atoms with Crippen LogP contribution in [0, 0.1) is 0 Å². The van der Waals surface area contributed by atoms with Crippen molar-refractivity contribution in [2.45, 2.75) is 69.0 Å². The highest BCUT2D eigenvalue weighted by Gasteiger charge is 2.41. The molecule has 21 heavy (non-hydrogen) atoms. The van der Waals surface area contributed by atoms with Crippen molar-refractivity contribution in [1.82, 2.24) is 0 Å². The molecule has 1 aliphatic carbocycles. The van der Waals surface area contributed by atoms with E-state index in [0.717, 1.165) is 17.3 Å². The molecule has 0 amide bonds. The summed E-state index contributed by atoms with van der Waals surface area (Å²) in [6.07, 6.45) is 10.1. The zero-order valence-corrected chi connectivity index (χ0v) is 14.1. The number of halogens is 1. The minimum atomic E-state index is 0.183. The molecular weight excluding hydrogens is 328 g/mol. The molecule has 2 unspecified atom stereocenters. The van der Waals surface area contributed by atoms with Gasteiger partial charge in [0.2, 0.25) is 0 Å². The van der Waals surface area contributed by atoms with Crippen molar-refractivity contribution in [2.24, 2.45) is 0 Å². The van der Waals surface area contributed by atoms with E-state index in [0.29, 0.717) is 6.10 Å². The second kappa shape index (κ2) is 6.80. The van der Waals surface area contributed by atoms with Gasteiger partial charge in [-0.25, -0.2) is 0 Å². The van der Waals surface area contributed by atoms with Gasteiger partial charge in [0.25, 0.3) is 0 Å². The molecule has 116 valence electrons. The van der Waals surface area contributed by atoms with Crippen molar-refractivity contribution in [1.29, 1.82) is 0 Å². The van der Waals surface area contributed by atoms with Crippen molar-refractivity contribution in [2.75, 3.05) is 6.61 Å². The fourth-order valence-electron chi connectivity index (χ4n) is 3.99. The van der Waals surface area contributed by atoms with E-state index in [1.165, 1.54) is 44.1 Å². The van der Waals surface area contributed by atoms with Gasteiger partial charge >= 0.3 is 0 Å². The topological polar surface area (TPSA) is 29.5 Å².